The molecule has 1 amide bonds. The number of amides is 1. The summed E-state index contributed by atoms with van der Waals surface area (Å²) in [6, 6.07) is -0.467. The van der Waals surface area contributed by atoms with Crippen LogP contribution in [0.1, 0.15) is 122 Å². The Morgan fingerprint density at radius 1 is 0.912 bits per heavy atom. The number of phenols is 1. The van der Waals surface area contributed by atoms with Gasteiger partial charge in [-0.1, -0.05) is 29.4 Å². The minimum Gasteiger partial charge on any atom is -0.506 e. The van der Waals surface area contributed by atoms with Crippen LogP contribution in [0.2, 0.25) is 0 Å². The number of ether oxygens (including phenoxy) is 4. The van der Waals surface area contributed by atoms with Gasteiger partial charge >= 0.3 is 0 Å². The average Bonchev–Trinajstić information content (AvgIpc) is 3.32. The second-order valence-electron chi connectivity index (χ2n) is 18.9. The summed E-state index contributed by atoms with van der Waals surface area (Å²) in [5.41, 5.74) is -0.287. The molecule has 1 aromatic carbocycles. The standard InChI is InChI=1S/C47H62N2O8/c1-28(2)13-12-18-45(8)19-17-31-38(50)35-39(51)36-37(48-23-25-54-26-24-48)33-27-34-44(6,7)57-46(42(33)52,20-16-30(5)43(53)49-21-10-9-11-22-49)47(34,36)56-41(35)32(40(31)55-45)15-14-29(3)4/h13-14,16-17,19,33-34,36-37,50H,9-12,15,18,20-27H2,1-8H3/b30-16-. The Bertz CT molecular complexity index is 1970. The van der Waals surface area contributed by atoms with Crippen LogP contribution in [0, 0.1) is 17.8 Å². The number of phenolic OH excluding ortho intramolecular Hbond substituents is 1. The topological polar surface area (TPSA) is 115 Å². The van der Waals surface area contributed by atoms with E-state index in [-0.39, 0.29) is 46.9 Å². The molecule has 3 saturated carbocycles. The van der Waals surface area contributed by atoms with Crippen molar-refractivity contribution in [2.75, 3.05) is 39.4 Å². The fourth-order valence-corrected chi connectivity index (χ4v) is 11.5. The van der Waals surface area contributed by atoms with Crippen molar-refractivity contribution < 1.29 is 38.4 Å². The number of carbonyl (C=O) groups is 3. The number of piperidine rings is 1. The van der Waals surface area contributed by atoms with Gasteiger partial charge in [-0.15, -0.1) is 0 Å². The average molecular weight is 783 g/mol. The van der Waals surface area contributed by atoms with Gasteiger partial charge in [-0.3, -0.25) is 19.3 Å². The minimum atomic E-state index is -1.55. The van der Waals surface area contributed by atoms with Gasteiger partial charge in [0.2, 0.25) is 5.91 Å². The molecule has 3 aliphatic carbocycles. The molecule has 5 aliphatic heterocycles. The highest BCUT2D eigenvalue weighted by Gasteiger charge is 2.86. The lowest BCUT2D eigenvalue weighted by Gasteiger charge is -2.64. The van der Waals surface area contributed by atoms with Crippen LogP contribution in [0.15, 0.2) is 41.0 Å². The quantitative estimate of drug-likeness (QED) is 0.200. The summed E-state index contributed by atoms with van der Waals surface area (Å²) in [5, 5.41) is 12.3. The second-order valence-corrected chi connectivity index (χ2v) is 18.9. The number of likely N-dealkylation sites (tertiary alicyclic amines) is 1. The van der Waals surface area contributed by atoms with E-state index >= 15 is 9.59 Å². The van der Waals surface area contributed by atoms with Crippen molar-refractivity contribution in [2.24, 2.45) is 17.8 Å². The molecule has 1 aromatic rings. The first-order valence-electron chi connectivity index (χ1n) is 21.4. The van der Waals surface area contributed by atoms with E-state index in [1.807, 2.05) is 64.7 Å². The molecule has 7 atom stereocenters. The third-order valence-electron chi connectivity index (χ3n) is 14.2. The van der Waals surface area contributed by atoms with Crippen molar-refractivity contribution in [2.45, 2.75) is 135 Å². The van der Waals surface area contributed by atoms with E-state index in [2.05, 4.69) is 30.9 Å². The molecule has 57 heavy (non-hydrogen) atoms. The predicted molar refractivity (Wildman–Crippen MR) is 219 cm³/mol. The zero-order valence-corrected chi connectivity index (χ0v) is 35.3. The summed E-state index contributed by atoms with van der Waals surface area (Å²) in [7, 11) is 0. The molecule has 0 radical (unpaired) electrons. The van der Waals surface area contributed by atoms with Gasteiger partial charge in [0, 0.05) is 61.6 Å². The van der Waals surface area contributed by atoms with E-state index in [0.717, 1.165) is 44.3 Å². The van der Waals surface area contributed by atoms with Gasteiger partial charge in [-0.2, -0.15) is 0 Å². The van der Waals surface area contributed by atoms with Crippen LogP contribution >= 0.6 is 0 Å². The number of rotatable bonds is 9. The summed E-state index contributed by atoms with van der Waals surface area (Å²) in [6.07, 6.45) is 15.7. The third-order valence-corrected chi connectivity index (χ3v) is 14.2. The highest BCUT2D eigenvalue weighted by molar-refractivity contribution is 6.10. The lowest BCUT2D eigenvalue weighted by Crippen LogP contribution is -2.82. The van der Waals surface area contributed by atoms with Gasteiger partial charge in [0.05, 0.1) is 30.3 Å². The summed E-state index contributed by atoms with van der Waals surface area (Å²) in [6.45, 7) is 19.7. The van der Waals surface area contributed by atoms with E-state index in [1.165, 1.54) is 5.57 Å². The third kappa shape index (κ3) is 6.26. The van der Waals surface area contributed by atoms with Crippen LogP contribution < -0.4 is 9.47 Å². The highest BCUT2D eigenvalue weighted by atomic mass is 16.6. The smallest absolute Gasteiger partial charge is 0.249 e. The number of benzene rings is 1. The molecule has 7 unspecified atom stereocenters. The molecule has 5 heterocycles. The lowest BCUT2D eigenvalue weighted by atomic mass is 9.44. The summed E-state index contributed by atoms with van der Waals surface area (Å²) < 4.78 is 27.5. The normalized spacial score (nSPS) is 33.8. The van der Waals surface area contributed by atoms with Gasteiger partial charge in [-0.05, 0) is 112 Å². The van der Waals surface area contributed by atoms with E-state index in [1.54, 1.807) is 0 Å². The van der Waals surface area contributed by atoms with Gasteiger partial charge in [-0.25, -0.2) is 0 Å². The Labute approximate surface area is 338 Å². The van der Waals surface area contributed by atoms with Crippen molar-refractivity contribution in [1.82, 2.24) is 9.80 Å². The van der Waals surface area contributed by atoms with Gasteiger partial charge in [0.25, 0.3) is 0 Å². The van der Waals surface area contributed by atoms with E-state index < -0.39 is 40.3 Å². The maximum atomic E-state index is 15.8. The van der Waals surface area contributed by atoms with Gasteiger partial charge in [0.1, 0.15) is 28.4 Å². The molecule has 9 rings (SSSR count). The number of aromatic hydroxyl groups is 1. The minimum absolute atomic E-state index is 0.0297. The van der Waals surface area contributed by atoms with Crippen LogP contribution in [-0.2, 0) is 25.5 Å². The number of carbonyl (C=O) groups excluding carboxylic acids is 3. The fraction of sp³-hybridized carbons (Fsp3) is 0.638. The van der Waals surface area contributed by atoms with Crippen LogP contribution in [0.5, 0.6) is 17.2 Å². The number of Topliss-reactive ketones (excluding diaryl/α,β-unsaturated/α-hetero) is 2. The van der Waals surface area contributed by atoms with Crippen LogP contribution in [0.25, 0.3) is 6.08 Å². The maximum Gasteiger partial charge on any atom is 0.249 e. The van der Waals surface area contributed by atoms with E-state index in [9.17, 15) is 9.90 Å². The van der Waals surface area contributed by atoms with Crippen LogP contribution in [-0.4, -0.2) is 100 Å². The molecule has 10 nitrogen and oxygen atoms in total. The SMILES string of the molecule is CC(C)=CCCC1(C)C=Cc2c(O)c3c(c(CC=C(C)C)c2O1)OC12C(C3=O)C(N3CCOCC3)C3CC1C(C)(C)OC2(C/C=C(/C)C(=O)N1CCCCC1)C3=O. The number of morpholine rings is 1. The van der Waals surface area contributed by atoms with Crippen molar-refractivity contribution >= 4 is 23.5 Å². The first-order chi connectivity index (χ1) is 27.0. The van der Waals surface area contributed by atoms with Crippen molar-refractivity contribution in [3.8, 4) is 17.2 Å². The largest absolute Gasteiger partial charge is 0.506 e. The van der Waals surface area contributed by atoms with Gasteiger partial charge in [0.15, 0.2) is 22.8 Å². The lowest BCUT2D eigenvalue weighted by molar-refractivity contribution is -0.216. The Morgan fingerprint density at radius 2 is 1.61 bits per heavy atom. The van der Waals surface area contributed by atoms with E-state index in [0.29, 0.717) is 68.0 Å². The first kappa shape index (κ1) is 40.1. The molecule has 6 fully saturated rings. The molecule has 3 saturated heterocycles. The first-order valence-corrected chi connectivity index (χ1v) is 21.4. The van der Waals surface area contributed by atoms with E-state index in [4.69, 9.17) is 18.9 Å². The summed E-state index contributed by atoms with van der Waals surface area (Å²) in [5.74, 6) is -1.35. The number of fused-ring (bicyclic) bond motifs is 2. The zero-order chi connectivity index (χ0) is 40.7. The molecule has 8 aliphatic rings. The Balaban J connectivity index is 1.33. The molecular weight excluding hydrogens is 721 g/mol. The Hall–Kier alpha value is -3.73. The summed E-state index contributed by atoms with van der Waals surface area (Å²) in [4.78, 5) is 49.2. The van der Waals surface area contributed by atoms with Crippen LogP contribution in [0.3, 0.4) is 0 Å². The Kier molecular flexibility index (Phi) is 10.2. The predicted octanol–water partition coefficient (Wildman–Crippen LogP) is 7.56. The maximum absolute atomic E-state index is 15.8. The fourth-order valence-electron chi connectivity index (χ4n) is 11.5. The van der Waals surface area contributed by atoms with Crippen molar-refractivity contribution in [3.05, 3.63) is 57.7 Å². The van der Waals surface area contributed by atoms with Crippen LogP contribution in [0.4, 0.5) is 0 Å². The number of nitrogens with zero attached hydrogens (tertiary/aromatic N) is 2. The molecule has 1 N–H and O–H groups in total. The number of ketones is 2. The van der Waals surface area contributed by atoms with Gasteiger partial charge < -0.3 is 29.0 Å². The number of hydrogen-bond acceptors (Lipinski definition) is 9. The molecule has 308 valence electrons. The molecule has 1 spiro atoms. The molecular formula is C47H62N2O8. The molecule has 0 aromatic heterocycles. The zero-order valence-electron chi connectivity index (χ0n) is 35.3. The van der Waals surface area contributed by atoms with Crippen molar-refractivity contribution in [3.63, 3.8) is 0 Å². The second kappa shape index (κ2) is 14.5. The number of hydrogen-bond donors (Lipinski definition) is 1. The monoisotopic (exact) mass is 782 g/mol. The number of allylic oxidation sites excluding steroid dienone is 4. The summed E-state index contributed by atoms with van der Waals surface area (Å²) >= 11 is 0. The molecule has 10 heteroatoms. The highest BCUT2D eigenvalue weighted by Crippen LogP contribution is 2.71. The van der Waals surface area contributed by atoms with Crippen molar-refractivity contribution in [1.29, 1.82) is 0 Å². The Morgan fingerprint density at radius 3 is 2.30 bits per heavy atom. The molecule has 4 bridgehead atoms.